The summed E-state index contributed by atoms with van der Waals surface area (Å²) in [6, 6.07) is 0. The number of allylic oxidation sites excluding steroid dienone is 1. The Hall–Kier alpha value is -3.23. The van der Waals surface area contributed by atoms with Gasteiger partial charge in [-0.3, -0.25) is 19.4 Å². The molecular weight excluding hydrogens is 380 g/mol. The minimum atomic E-state index is -1.34. The molecule has 1 unspecified atom stereocenters. The third-order valence-electron chi connectivity index (χ3n) is 4.33. The molecule has 1 heterocycles. The van der Waals surface area contributed by atoms with Crippen LogP contribution in [-0.4, -0.2) is 68.3 Å². The Bertz CT molecular complexity index is 757. The van der Waals surface area contributed by atoms with Crippen LogP contribution in [0.25, 0.3) is 0 Å². The quantitative estimate of drug-likeness (QED) is 0.320. The highest BCUT2D eigenvalue weighted by Crippen LogP contribution is 2.33. The molecule has 1 amide bonds. The van der Waals surface area contributed by atoms with Crippen molar-refractivity contribution in [3.05, 3.63) is 36.6 Å². The van der Waals surface area contributed by atoms with Crippen LogP contribution in [0.5, 0.6) is 0 Å². The van der Waals surface area contributed by atoms with Crippen molar-refractivity contribution >= 4 is 29.5 Å². The average molecular weight is 406 g/mol. The maximum absolute atomic E-state index is 12.9. The molecule has 0 aromatic rings. The molecule has 2 atom stereocenters. The number of amides is 1. The van der Waals surface area contributed by atoms with Crippen molar-refractivity contribution in [3.8, 4) is 0 Å². The van der Waals surface area contributed by atoms with Crippen LogP contribution in [0.15, 0.2) is 41.6 Å². The second-order valence-corrected chi connectivity index (χ2v) is 6.21. The van der Waals surface area contributed by atoms with Crippen LogP contribution in [0, 0.1) is 11.8 Å². The van der Waals surface area contributed by atoms with Crippen molar-refractivity contribution < 1.29 is 33.4 Å². The highest BCUT2D eigenvalue weighted by Gasteiger charge is 2.46. The number of rotatable bonds is 9. The molecule has 0 N–H and O–H groups in total. The second kappa shape index (κ2) is 10.9. The van der Waals surface area contributed by atoms with Crippen LogP contribution in [0.4, 0.5) is 0 Å². The van der Waals surface area contributed by atoms with Crippen LogP contribution in [0.2, 0.25) is 0 Å². The number of hydrogen-bond donors (Lipinski definition) is 0. The number of aliphatic imine (C=N–C) groups is 1. The van der Waals surface area contributed by atoms with E-state index in [-0.39, 0.29) is 30.1 Å². The van der Waals surface area contributed by atoms with Crippen LogP contribution in [-0.2, 0) is 33.4 Å². The Labute approximate surface area is 169 Å². The zero-order valence-electron chi connectivity index (χ0n) is 17.1. The molecule has 0 bridgehead atoms. The van der Waals surface area contributed by atoms with Crippen molar-refractivity contribution in [1.82, 2.24) is 4.90 Å². The van der Waals surface area contributed by atoms with Gasteiger partial charge in [0.25, 0.3) is 5.91 Å². The molecule has 158 valence electrons. The van der Waals surface area contributed by atoms with Gasteiger partial charge in [-0.05, 0) is 13.8 Å². The van der Waals surface area contributed by atoms with Crippen LogP contribution < -0.4 is 0 Å². The summed E-state index contributed by atoms with van der Waals surface area (Å²) in [5, 5.41) is 0. The van der Waals surface area contributed by atoms with E-state index < -0.39 is 42.3 Å². The van der Waals surface area contributed by atoms with Gasteiger partial charge in [0.15, 0.2) is 6.61 Å². The molecule has 0 radical (unpaired) electrons. The molecule has 0 aromatic carbocycles. The molecule has 0 fully saturated rings. The number of nitrogens with zero attached hydrogens (tertiary/aromatic N) is 2. The van der Waals surface area contributed by atoms with Gasteiger partial charge in [-0.15, -0.1) is 13.2 Å². The third kappa shape index (κ3) is 5.63. The van der Waals surface area contributed by atoms with Crippen LogP contribution in [0.1, 0.15) is 13.8 Å². The Morgan fingerprint density at radius 1 is 1.00 bits per heavy atom. The van der Waals surface area contributed by atoms with E-state index in [1.165, 1.54) is 24.0 Å². The summed E-state index contributed by atoms with van der Waals surface area (Å²) in [5.74, 6) is -5.49. The monoisotopic (exact) mass is 406 g/mol. The van der Waals surface area contributed by atoms with E-state index in [4.69, 9.17) is 14.2 Å². The molecule has 9 nitrogen and oxygen atoms in total. The normalized spacial score (nSPS) is 18.3. The van der Waals surface area contributed by atoms with E-state index in [1.807, 2.05) is 0 Å². The van der Waals surface area contributed by atoms with Gasteiger partial charge in [-0.25, -0.2) is 4.79 Å². The van der Waals surface area contributed by atoms with Gasteiger partial charge in [-0.1, -0.05) is 12.2 Å². The number of carbonyl (C=O) groups excluding carboxylic acids is 4. The summed E-state index contributed by atoms with van der Waals surface area (Å²) in [7, 11) is 2.31. The van der Waals surface area contributed by atoms with Gasteiger partial charge >= 0.3 is 17.9 Å². The van der Waals surface area contributed by atoms with Crippen molar-refractivity contribution in [2.24, 2.45) is 16.8 Å². The first-order valence-corrected chi connectivity index (χ1v) is 8.81. The highest BCUT2D eigenvalue weighted by atomic mass is 16.5. The molecule has 0 spiro atoms. The number of ether oxygens (including phenoxy) is 3. The zero-order valence-corrected chi connectivity index (χ0v) is 17.1. The van der Waals surface area contributed by atoms with E-state index in [0.29, 0.717) is 0 Å². The molecule has 1 aliphatic rings. The number of methoxy groups -OCH3 is 2. The average Bonchev–Trinajstić information content (AvgIpc) is 2.69. The Balaban J connectivity index is 3.17. The standard InChI is InChI=1S/C20H26N2O7/c1-7-9-22(10-8-2)14(23)11-29-20(26)17-15(18(24)27-5)12(3)21-13(4)16(17)19(25)28-6/h7-8,15,17H,1-2,9-11H2,3-6H3/t15?,17-/m0/s1. The Kier molecular flexibility index (Phi) is 8.98. The first-order valence-electron chi connectivity index (χ1n) is 8.81. The largest absolute Gasteiger partial charge is 0.468 e. The van der Waals surface area contributed by atoms with Crippen LogP contribution in [0.3, 0.4) is 0 Å². The Morgan fingerprint density at radius 2 is 1.59 bits per heavy atom. The summed E-state index contributed by atoms with van der Waals surface area (Å²) >= 11 is 0. The third-order valence-corrected chi connectivity index (χ3v) is 4.33. The van der Waals surface area contributed by atoms with Crippen molar-refractivity contribution in [2.45, 2.75) is 13.8 Å². The summed E-state index contributed by atoms with van der Waals surface area (Å²) in [6.07, 6.45) is 3.05. The lowest BCUT2D eigenvalue weighted by Gasteiger charge is -2.29. The number of carbonyl (C=O) groups is 4. The van der Waals surface area contributed by atoms with E-state index in [1.54, 1.807) is 6.92 Å². The highest BCUT2D eigenvalue weighted by molar-refractivity contribution is 6.10. The molecule has 9 heteroatoms. The first kappa shape index (κ1) is 23.8. The smallest absolute Gasteiger partial charge is 0.336 e. The summed E-state index contributed by atoms with van der Waals surface area (Å²) in [4.78, 5) is 55.3. The van der Waals surface area contributed by atoms with Gasteiger partial charge in [-0.2, -0.15) is 0 Å². The number of hydrogen-bond acceptors (Lipinski definition) is 8. The van der Waals surface area contributed by atoms with Gasteiger partial charge in [0.1, 0.15) is 11.8 Å². The fourth-order valence-electron chi connectivity index (χ4n) is 3.00. The SMILES string of the molecule is C=CCN(CC=C)C(=O)COC(=O)[C@@H]1C(C(=O)OC)=C(C)N=C(C)C1C(=O)OC. The second-order valence-electron chi connectivity index (χ2n) is 6.21. The zero-order chi connectivity index (χ0) is 22.1. The van der Waals surface area contributed by atoms with Crippen molar-refractivity contribution in [2.75, 3.05) is 33.9 Å². The van der Waals surface area contributed by atoms with E-state index >= 15 is 0 Å². The topological polar surface area (TPSA) is 112 Å². The number of esters is 3. The fraction of sp³-hybridized carbons (Fsp3) is 0.450. The molecule has 0 saturated heterocycles. The predicted molar refractivity (Wildman–Crippen MR) is 105 cm³/mol. The van der Waals surface area contributed by atoms with E-state index in [2.05, 4.69) is 18.2 Å². The lowest BCUT2D eigenvalue weighted by Crippen LogP contribution is -2.43. The van der Waals surface area contributed by atoms with Crippen molar-refractivity contribution in [3.63, 3.8) is 0 Å². The molecule has 1 aliphatic heterocycles. The molecule has 0 aromatic heterocycles. The predicted octanol–water partition coefficient (Wildman–Crippen LogP) is 1.06. The van der Waals surface area contributed by atoms with Gasteiger partial charge in [0.2, 0.25) is 0 Å². The molecule has 0 saturated carbocycles. The Morgan fingerprint density at radius 3 is 2.07 bits per heavy atom. The maximum Gasteiger partial charge on any atom is 0.336 e. The molecule has 0 aliphatic carbocycles. The summed E-state index contributed by atoms with van der Waals surface area (Å²) in [6.45, 7) is 10.1. The minimum Gasteiger partial charge on any atom is -0.468 e. The fourth-order valence-corrected chi connectivity index (χ4v) is 3.00. The summed E-state index contributed by atoms with van der Waals surface area (Å²) < 4.78 is 14.7. The van der Waals surface area contributed by atoms with Gasteiger partial charge in [0.05, 0.1) is 19.8 Å². The molecular formula is C20H26N2O7. The van der Waals surface area contributed by atoms with Crippen LogP contribution >= 0.6 is 0 Å². The molecule has 29 heavy (non-hydrogen) atoms. The summed E-state index contributed by atoms with van der Waals surface area (Å²) in [5.41, 5.74) is 0.401. The first-order chi connectivity index (χ1) is 13.7. The molecule has 1 rings (SSSR count). The lowest BCUT2D eigenvalue weighted by atomic mass is 9.80. The van der Waals surface area contributed by atoms with E-state index in [0.717, 1.165) is 14.2 Å². The van der Waals surface area contributed by atoms with Crippen molar-refractivity contribution in [1.29, 1.82) is 0 Å². The van der Waals surface area contributed by atoms with Gasteiger partial charge < -0.3 is 19.1 Å². The minimum absolute atomic E-state index is 0.111. The lowest BCUT2D eigenvalue weighted by molar-refractivity contribution is -0.160. The van der Waals surface area contributed by atoms with E-state index in [9.17, 15) is 19.2 Å². The van der Waals surface area contributed by atoms with Gasteiger partial charge in [0, 0.05) is 24.5 Å². The maximum atomic E-state index is 12.9.